The van der Waals surface area contributed by atoms with E-state index < -0.39 is 0 Å². The van der Waals surface area contributed by atoms with Gasteiger partial charge in [-0.1, -0.05) is 23.7 Å². The highest BCUT2D eigenvalue weighted by Gasteiger charge is 2.07. The minimum atomic E-state index is -0.265. The third-order valence-electron chi connectivity index (χ3n) is 2.21. The number of para-hydroxylation sites is 1. The van der Waals surface area contributed by atoms with Gasteiger partial charge in [-0.2, -0.15) is 0 Å². The van der Waals surface area contributed by atoms with Gasteiger partial charge in [0.15, 0.2) is 0 Å². The van der Waals surface area contributed by atoms with Crippen molar-refractivity contribution in [3.63, 3.8) is 0 Å². The van der Waals surface area contributed by atoms with E-state index in [0.29, 0.717) is 10.7 Å². The molecule has 0 aliphatic rings. The van der Waals surface area contributed by atoms with E-state index in [9.17, 15) is 9.59 Å². The molecule has 0 spiro atoms. The number of rotatable bonds is 6. The van der Waals surface area contributed by atoms with Crippen LogP contribution in [0.25, 0.3) is 0 Å². The zero-order valence-corrected chi connectivity index (χ0v) is 11.8. The first kappa shape index (κ1) is 15.3. The van der Waals surface area contributed by atoms with Crippen LogP contribution in [0.4, 0.5) is 5.69 Å². The lowest BCUT2D eigenvalue weighted by Crippen LogP contribution is -2.41. The third-order valence-corrected chi connectivity index (χ3v) is 2.54. The summed E-state index contributed by atoms with van der Waals surface area (Å²) in [5.41, 5.74) is 0.686. The Balaban J connectivity index is 2.29. The molecule has 0 unspecified atom stereocenters. The molecular weight excluding hydrogens is 266 g/mol. The van der Waals surface area contributed by atoms with Gasteiger partial charge < -0.3 is 16.0 Å². The largest absolute Gasteiger partial charge is 0.375 e. The summed E-state index contributed by atoms with van der Waals surface area (Å²) in [7, 11) is 0. The maximum absolute atomic E-state index is 11.5. The zero-order valence-electron chi connectivity index (χ0n) is 11.0. The van der Waals surface area contributed by atoms with Crippen molar-refractivity contribution in [2.45, 2.75) is 19.9 Å². The van der Waals surface area contributed by atoms with Gasteiger partial charge in [-0.05, 0) is 26.0 Å². The molecule has 1 aromatic carbocycles. The molecule has 0 saturated carbocycles. The zero-order chi connectivity index (χ0) is 14.3. The minimum absolute atomic E-state index is 0.0266. The molecule has 0 aromatic heterocycles. The van der Waals surface area contributed by atoms with E-state index in [1.165, 1.54) is 0 Å². The summed E-state index contributed by atoms with van der Waals surface area (Å²) >= 11 is 5.93. The van der Waals surface area contributed by atoms with Gasteiger partial charge >= 0.3 is 0 Å². The highest BCUT2D eigenvalue weighted by Crippen LogP contribution is 2.19. The van der Waals surface area contributed by atoms with E-state index in [1.54, 1.807) is 12.1 Å². The predicted octanol–water partition coefficient (Wildman–Crippen LogP) is 1.39. The minimum Gasteiger partial charge on any atom is -0.375 e. The van der Waals surface area contributed by atoms with Gasteiger partial charge in [0.2, 0.25) is 11.8 Å². The van der Waals surface area contributed by atoms with Crippen molar-refractivity contribution in [2.24, 2.45) is 0 Å². The van der Waals surface area contributed by atoms with Crippen LogP contribution in [-0.2, 0) is 9.59 Å². The Bertz CT molecular complexity index is 449. The second-order valence-corrected chi connectivity index (χ2v) is 4.74. The number of hydrogen-bond donors (Lipinski definition) is 3. The number of hydrogen-bond acceptors (Lipinski definition) is 3. The molecule has 0 saturated heterocycles. The van der Waals surface area contributed by atoms with Gasteiger partial charge in [0.05, 0.1) is 23.8 Å². The maximum Gasteiger partial charge on any atom is 0.239 e. The highest BCUT2D eigenvalue weighted by atomic mass is 35.5. The first-order chi connectivity index (χ1) is 8.99. The van der Waals surface area contributed by atoms with Crippen molar-refractivity contribution < 1.29 is 9.59 Å². The van der Waals surface area contributed by atoms with Crippen LogP contribution in [0.15, 0.2) is 24.3 Å². The number of anilines is 1. The first-order valence-electron chi connectivity index (χ1n) is 6.03. The summed E-state index contributed by atoms with van der Waals surface area (Å²) in [6.45, 7) is 3.76. The normalized spacial score (nSPS) is 10.1. The molecular formula is C13H18ClN3O2. The van der Waals surface area contributed by atoms with E-state index in [2.05, 4.69) is 16.0 Å². The van der Waals surface area contributed by atoms with Gasteiger partial charge in [0.1, 0.15) is 0 Å². The molecule has 0 bridgehead atoms. The monoisotopic (exact) mass is 283 g/mol. The lowest BCUT2D eigenvalue weighted by atomic mass is 10.3. The van der Waals surface area contributed by atoms with Gasteiger partial charge in [-0.15, -0.1) is 0 Å². The van der Waals surface area contributed by atoms with E-state index in [-0.39, 0.29) is 30.9 Å². The third kappa shape index (κ3) is 6.10. The smallest absolute Gasteiger partial charge is 0.239 e. The highest BCUT2D eigenvalue weighted by molar-refractivity contribution is 6.33. The van der Waals surface area contributed by atoms with Crippen LogP contribution in [-0.4, -0.2) is 30.9 Å². The molecule has 0 radical (unpaired) electrons. The molecule has 0 fully saturated rings. The Labute approximate surface area is 117 Å². The Morgan fingerprint density at radius 2 is 1.84 bits per heavy atom. The summed E-state index contributed by atoms with van der Waals surface area (Å²) in [6, 6.07) is 7.20. The fourth-order valence-corrected chi connectivity index (χ4v) is 1.60. The van der Waals surface area contributed by atoms with Gasteiger partial charge in [-0.25, -0.2) is 0 Å². The molecule has 1 rings (SSSR count). The standard InChI is InChI=1S/C13H18ClN3O2/c1-9(2)17-13(19)8-16-12(18)7-15-11-6-4-3-5-10(11)14/h3-6,9,15H,7-8H2,1-2H3,(H,16,18)(H,17,19). The summed E-state index contributed by atoms with van der Waals surface area (Å²) in [6.07, 6.45) is 0. The van der Waals surface area contributed by atoms with E-state index in [1.807, 2.05) is 26.0 Å². The fraction of sp³-hybridized carbons (Fsp3) is 0.385. The van der Waals surface area contributed by atoms with Crippen LogP contribution >= 0.6 is 11.6 Å². The molecule has 0 heterocycles. The average molecular weight is 284 g/mol. The number of amides is 2. The summed E-state index contributed by atoms with van der Waals surface area (Å²) in [5.74, 6) is -0.472. The summed E-state index contributed by atoms with van der Waals surface area (Å²) < 4.78 is 0. The lowest BCUT2D eigenvalue weighted by molar-refractivity contribution is -0.125. The number of carbonyl (C=O) groups excluding carboxylic acids is 2. The molecule has 6 heteroatoms. The predicted molar refractivity (Wildman–Crippen MR) is 76.2 cm³/mol. The fourth-order valence-electron chi connectivity index (χ4n) is 1.39. The second kappa shape index (κ2) is 7.63. The van der Waals surface area contributed by atoms with Crippen molar-refractivity contribution in [2.75, 3.05) is 18.4 Å². The topological polar surface area (TPSA) is 70.2 Å². The molecule has 19 heavy (non-hydrogen) atoms. The van der Waals surface area contributed by atoms with Crippen molar-refractivity contribution in [3.8, 4) is 0 Å². The molecule has 0 aliphatic heterocycles. The number of benzene rings is 1. The van der Waals surface area contributed by atoms with Crippen LogP contribution in [0.5, 0.6) is 0 Å². The molecule has 2 amide bonds. The van der Waals surface area contributed by atoms with Gasteiger partial charge in [-0.3, -0.25) is 9.59 Å². The molecule has 104 valence electrons. The number of halogens is 1. The van der Waals surface area contributed by atoms with Crippen LogP contribution in [0.1, 0.15) is 13.8 Å². The summed E-state index contributed by atoms with van der Waals surface area (Å²) in [5, 5.41) is 8.66. The maximum atomic E-state index is 11.5. The van der Waals surface area contributed by atoms with Crippen LogP contribution in [0.2, 0.25) is 5.02 Å². The van der Waals surface area contributed by atoms with Gasteiger partial charge in [0, 0.05) is 6.04 Å². The molecule has 5 nitrogen and oxygen atoms in total. The molecule has 3 N–H and O–H groups in total. The average Bonchev–Trinajstić information content (AvgIpc) is 2.34. The molecule has 1 aromatic rings. The van der Waals surface area contributed by atoms with E-state index in [0.717, 1.165) is 0 Å². The number of nitrogens with one attached hydrogen (secondary N) is 3. The van der Waals surface area contributed by atoms with Crippen molar-refractivity contribution in [1.29, 1.82) is 0 Å². The van der Waals surface area contributed by atoms with Gasteiger partial charge in [0.25, 0.3) is 0 Å². The SMILES string of the molecule is CC(C)NC(=O)CNC(=O)CNc1ccccc1Cl. The van der Waals surface area contributed by atoms with E-state index in [4.69, 9.17) is 11.6 Å². The lowest BCUT2D eigenvalue weighted by Gasteiger charge is -2.10. The van der Waals surface area contributed by atoms with Crippen molar-refractivity contribution in [1.82, 2.24) is 10.6 Å². The van der Waals surface area contributed by atoms with E-state index >= 15 is 0 Å². The van der Waals surface area contributed by atoms with Crippen LogP contribution < -0.4 is 16.0 Å². The number of carbonyl (C=O) groups is 2. The summed E-state index contributed by atoms with van der Waals surface area (Å²) in [4.78, 5) is 22.8. The molecule has 0 atom stereocenters. The second-order valence-electron chi connectivity index (χ2n) is 4.33. The van der Waals surface area contributed by atoms with Crippen LogP contribution in [0, 0.1) is 0 Å². The van der Waals surface area contributed by atoms with Crippen molar-refractivity contribution in [3.05, 3.63) is 29.3 Å². The first-order valence-corrected chi connectivity index (χ1v) is 6.41. The Morgan fingerprint density at radius 1 is 1.16 bits per heavy atom. The Kier molecular flexibility index (Phi) is 6.15. The Hall–Kier alpha value is -1.75. The molecule has 0 aliphatic carbocycles. The van der Waals surface area contributed by atoms with Crippen molar-refractivity contribution >= 4 is 29.1 Å². The quantitative estimate of drug-likeness (QED) is 0.739. The Morgan fingerprint density at radius 3 is 2.47 bits per heavy atom. The van der Waals surface area contributed by atoms with Crippen LogP contribution in [0.3, 0.4) is 0 Å².